The summed E-state index contributed by atoms with van der Waals surface area (Å²) in [7, 11) is 0. The maximum Gasteiger partial charge on any atom is 0 e. The van der Waals surface area contributed by atoms with Crippen LogP contribution in [-0.2, 0) is 16.8 Å². The maximum absolute atomic E-state index is 3.49. The number of hydrogen-bond donors (Lipinski definition) is 0. The third-order valence-corrected chi connectivity index (χ3v) is 0.440. The van der Waals surface area contributed by atoms with Crippen molar-refractivity contribution < 1.29 is 16.8 Å². The van der Waals surface area contributed by atoms with Crippen molar-refractivity contribution >= 4 is 0 Å². The molecule has 0 atom stereocenters. The molecule has 0 aliphatic heterocycles. The van der Waals surface area contributed by atoms with Crippen LogP contribution in [0.15, 0.2) is 24.3 Å². The van der Waals surface area contributed by atoms with Gasteiger partial charge in [0.2, 0.25) is 0 Å². The van der Waals surface area contributed by atoms with E-state index < -0.39 is 0 Å². The second-order valence-corrected chi connectivity index (χ2v) is 0.954. The Hall–Kier alpha value is -0.144. The number of rotatable bonds is 1. The molecular formula is C6H9Co-. The molecule has 43 valence electrons. The van der Waals surface area contributed by atoms with Crippen LogP contribution in [0.3, 0.4) is 0 Å². The molecule has 0 bridgehead atoms. The second kappa shape index (κ2) is 9.29. The topological polar surface area (TPSA) is 0 Å². The van der Waals surface area contributed by atoms with Crippen molar-refractivity contribution in [3.63, 3.8) is 0 Å². The monoisotopic (exact) mass is 140 g/mol. The van der Waals surface area contributed by atoms with Crippen molar-refractivity contribution in [1.82, 2.24) is 0 Å². The first-order valence-corrected chi connectivity index (χ1v) is 1.99. The standard InChI is InChI=1S/C6H9.Co/c1-3-5-6-4-2;/h3-6H,1H2,2H3;/q-1;. The molecule has 0 rings (SSSR count). The molecule has 0 heterocycles. The summed E-state index contributed by atoms with van der Waals surface area (Å²) in [4.78, 5) is 0. The Balaban J connectivity index is 0. The third kappa shape index (κ3) is 10.7. The van der Waals surface area contributed by atoms with Crippen LogP contribution in [-0.4, -0.2) is 0 Å². The van der Waals surface area contributed by atoms with Crippen LogP contribution < -0.4 is 0 Å². The zero-order valence-electron chi connectivity index (χ0n) is 4.35. The van der Waals surface area contributed by atoms with Crippen molar-refractivity contribution in [3.05, 3.63) is 31.2 Å². The molecule has 0 aliphatic carbocycles. The van der Waals surface area contributed by atoms with Crippen molar-refractivity contribution in [3.8, 4) is 0 Å². The number of allylic oxidation sites excluding steroid dienone is 4. The first kappa shape index (κ1) is 9.97. The molecule has 1 radical (unpaired) electrons. The van der Waals surface area contributed by atoms with Crippen LogP contribution in [0.25, 0.3) is 0 Å². The van der Waals surface area contributed by atoms with Gasteiger partial charge in [0.15, 0.2) is 0 Å². The Bertz CT molecular complexity index is 52.6. The number of hydrogen-bond acceptors (Lipinski definition) is 0. The van der Waals surface area contributed by atoms with Gasteiger partial charge in [0.1, 0.15) is 0 Å². The van der Waals surface area contributed by atoms with Crippen LogP contribution in [0.5, 0.6) is 0 Å². The third-order valence-electron chi connectivity index (χ3n) is 0.440. The Kier molecular flexibility index (Phi) is 13.2. The zero-order chi connectivity index (χ0) is 4.83. The van der Waals surface area contributed by atoms with Gasteiger partial charge in [-0.1, -0.05) is 0 Å². The largest absolute Gasteiger partial charge is 0.245 e. The van der Waals surface area contributed by atoms with E-state index in [9.17, 15) is 0 Å². The Morgan fingerprint density at radius 3 is 2.00 bits per heavy atom. The van der Waals surface area contributed by atoms with E-state index in [-0.39, 0.29) is 16.8 Å². The molecule has 1 heteroatoms. The molecular weight excluding hydrogens is 131 g/mol. The van der Waals surface area contributed by atoms with E-state index in [1.807, 2.05) is 25.2 Å². The van der Waals surface area contributed by atoms with E-state index >= 15 is 0 Å². The van der Waals surface area contributed by atoms with Gasteiger partial charge in [0.05, 0.1) is 0 Å². The molecule has 0 saturated heterocycles. The first-order valence-electron chi connectivity index (χ1n) is 1.99. The molecule has 0 aromatic heterocycles. The fraction of sp³-hybridized carbons (Fsp3) is 0.167. The van der Waals surface area contributed by atoms with E-state index in [4.69, 9.17) is 0 Å². The smallest absolute Gasteiger partial charge is 0 e. The van der Waals surface area contributed by atoms with Gasteiger partial charge in [0.25, 0.3) is 0 Å². The average molecular weight is 140 g/mol. The van der Waals surface area contributed by atoms with Gasteiger partial charge in [-0.2, -0.15) is 0 Å². The summed E-state index contributed by atoms with van der Waals surface area (Å²) < 4.78 is 0. The molecule has 0 aromatic carbocycles. The molecule has 0 nitrogen and oxygen atoms in total. The van der Waals surface area contributed by atoms with Gasteiger partial charge < -0.3 is 0 Å². The van der Waals surface area contributed by atoms with E-state index in [0.717, 1.165) is 0 Å². The van der Waals surface area contributed by atoms with E-state index in [0.29, 0.717) is 0 Å². The molecule has 0 fully saturated rings. The molecule has 0 spiro atoms. The zero-order valence-corrected chi connectivity index (χ0v) is 5.39. The quantitative estimate of drug-likeness (QED) is 0.385. The summed E-state index contributed by atoms with van der Waals surface area (Å²) in [6, 6.07) is 0. The summed E-state index contributed by atoms with van der Waals surface area (Å²) in [5, 5.41) is 0. The SMILES string of the molecule is [CH2-]C=CC=CC.[Co]. The van der Waals surface area contributed by atoms with Gasteiger partial charge in [-0.15, -0.1) is 12.2 Å². The van der Waals surface area contributed by atoms with Crippen molar-refractivity contribution in [2.75, 3.05) is 0 Å². The molecule has 7 heavy (non-hydrogen) atoms. The second-order valence-electron chi connectivity index (χ2n) is 0.954. The normalized spacial score (nSPS) is 9.86. The predicted octanol–water partition coefficient (Wildman–Crippen LogP) is 1.95. The fourth-order valence-electron chi connectivity index (χ4n) is 0.190. The van der Waals surface area contributed by atoms with Crippen molar-refractivity contribution in [2.24, 2.45) is 0 Å². The molecule has 0 amide bonds. The van der Waals surface area contributed by atoms with Gasteiger partial charge in [0, 0.05) is 16.8 Å². The Labute approximate surface area is 55.5 Å². The molecule has 0 aromatic rings. The van der Waals surface area contributed by atoms with E-state index in [2.05, 4.69) is 6.92 Å². The summed E-state index contributed by atoms with van der Waals surface area (Å²) in [6.45, 7) is 5.46. The van der Waals surface area contributed by atoms with Crippen LogP contribution in [0.1, 0.15) is 6.92 Å². The van der Waals surface area contributed by atoms with Gasteiger partial charge in [-0.25, -0.2) is 19.1 Å². The van der Waals surface area contributed by atoms with Gasteiger partial charge >= 0.3 is 0 Å². The Morgan fingerprint density at radius 1 is 1.29 bits per heavy atom. The summed E-state index contributed by atoms with van der Waals surface area (Å²) >= 11 is 0. The maximum atomic E-state index is 3.49. The summed E-state index contributed by atoms with van der Waals surface area (Å²) in [6.07, 6.45) is 7.54. The molecule has 0 aliphatic rings. The Morgan fingerprint density at radius 2 is 1.86 bits per heavy atom. The van der Waals surface area contributed by atoms with Gasteiger partial charge in [-0.3, -0.25) is 0 Å². The summed E-state index contributed by atoms with van der Waals surface area (Å²) in [5.41, 5.74) is 0. The average Bonchev–Trinajstić information content (AvgIpc) is 1.61. The van der Waals surface area contributed by atoms with E-state index in [1.165, 1.54) is 0 Å². The fourth-order valence-corrected chi connectivity index (χ4v) is 0.190. The first-order chi connectivity index (χ1) is 2.91. The van der Waals surface area contributed by atoms with Crippen molar-refractivity contribution in [2.45, 2.75) is 6.92 Å². The van der Waals surface area contributed by atoms with E-state index in [1.54, 1.807) is 6.08 Å². The predicted molar refractivity (Wildman–Crippen MR) is 29.3 cm³/mol. The molecule has 0 N–H and O–H groups in total. The van der Waals surface area contributed by atoms with Gasteiger partial charge in [-0.05, 0) is 6.92 Å². The van der Waals surface area contributed by atoms with Crippen LogP contribution in [0.4, 0.5) is 0 Å². The van der Waals surface area contributed by atoms with Crippen molar-refractivity contribution in [1.29, 1.82) is 0 Å². The minimum atomic E-state index is 0. The molecule has 0 unspecified atom stereocenters. The minimum absolute atomic E-state index is 0. The minimum Gasteiger partial charge on any atom is -0.245 e. The molecule has 0 saturated carbocycles. The van der Waals surface area contributed by atoms with Crippen LogP contribution in [0, 0.1) is 6.92 Å². The van der Waals surface area contributed by atoms with Crippen LogP contribution in [0.2, 0.25) is 0 Å². The summed E-state index contributed by atoms with van der Waals surface area (Å²) in [5.74, 6) is 0. The van der Waals surface area contributed by atoms with Crippen LogP contribution >= 0.6 is 0 Å².